The maximum absolute atomic E-state index is 13.7. The monoisotopic (exact) mass is 620 g/mol. The second-order valence-corrected chi connectivity index (χ2v) is 11.7. The van der Waals surface area contributed by atoms with Crippen molar-refractivity contribution in [3.63, 3.8) is 0 Å². The molecule has 0 radical (unpaired) electrons. The number of carbonyl (C=O) groups is 3. The summed E-state index contributed by atoms with van der Waals surface area (Å²) < 4.78 is 39.7. The topological polar surface area (TPSA) is 133 Å². The number of nitrogens with zero attached hydrogens (tertiary/aromatic N) is 3. The summed E-state index contributed by atoms with van der Waals surface area (Å²) in [6.07, 6.45) is 1.88. The van der Waals surface area contributed by atoms with Crippen molar-refractivity contribution in [2.75, 3.05) is 13.2 Å². The molecular weight excluding hydrogens is 581 g/mol. The van der Waals surface area contributed by atoms with Crippen LogP contribution in [-0.2, 0) is 4.79 Å². The van der Waals surface area contributed by atoms with Crippen molar-refractivity contribution in [3.05, 3.63) is 65.6 Å². The van der Waals surface area contributed by atoms with Crippen LogP contribution in [0, 0.1) is 12.8 Å². The number of aryl methyl sites for hydroxylation is 1. The number of ether oxygens (including phenoxy) is 1. The van der Waals surface area contributed by atoms with Crippen LogP contribution in [0.25, 0.3) is 5.65 Å². The van der Waals surface area contributed by atoms with Crippen molar-refractivity contribution in [2.45, 2.75) is 77.6 Å². The molecule has 1 atom stereocenters. The molecular formula is C31H39F3N4O6. The van der Waals surface area contributed by atoms with E-state index in [1.807, 2.05) is 76.4 Å². The van der Waals surface area contributed by atoms with Gasteiger partial charge in [-0.25, -0.2) is 14.6 Å². The van der Waals surface area contributed by atoms with Crippen molar-refractivity contribution in [3.8, 4) is 5.75 Å². The van der Waals surface area contributed by atoms with Crippen LogP contribution in [0.15, 0.2) is 48.7 Å². The highest BCUT2D eigenvalue weighted by Crippen LogP contribution is 2.28. The number of aliphatic carboxylic acids is 1. The van der Waals surface area contributed by atoms with E-state index in [0.717, 1.165) is 5.56 Å². The normalized spacial score (nSPS) is 14.7. The smallest absolute Gasteiger partial charge is 0.489 e. The lowest BCUT2D eigenvalue weighted by Crippen LogP contribution is -2.49. The Labute approximate surface area is 253 Å². The number of alkyl halides is 3. The molecule has 0 bridgehead atoms. The Morgan fingerprint density at radius 1 is 1.05 bits per heavy atom. The quantitative estimate of drug-likeness (QED) is 0.262. The minimum absolute atomic E-state index is 0.111. The summed E-state index contributed by atoms with van der Waals surface area (Å²) in [5, 5.41) is 20.1. The molecule has 240 valence electrons. The van der Waals surface area contributed by atoms with E-state index in [1.54, 1.807) is 4.40 Å². The Kier molecular flexibility index (Phi) is 11.2. The minimum Gasteiger partial charge on any atom is -0.489 e. The Balaban J connectivity index is 0.000000676. The maximum Gasteiger partial charge on any atom is 0.490 e. The summed E-state index contributed by atoms with van der Waals surface area (Å²) in [5.74, 6) is -1.85. The summed E-state index contributed by atoms with van der Waals surface area (Å²) in [6.45, 7) is 8.10. The summed E-state index contributed by atoms with van der Waals surface area (Å²) in [7, 11) is 0. The number of halogens is 3. The van der Waals surface area contributed by atoms with Gasteiger partial charge in [-0.2, -0.15) is 13.2 Å². The summed E-state index contributed by atoms with van der Waals surface area (Å²) in [5.41, 5.74) is 1.81. The fourth-order valence-corrected chi connectivity index (χ4v) is 5.07. The third-order valence-electron chi connectivity index (χ3n) is 7.36. The van der Waals surface area contributed by atoms with E-state index in [4.69, 9.17) is 14.6 Å². The number of carboxylic acids is 1. The van der Waals surface area contributed by atoms with Crippen molar-refractivity contribution in [1.29, 1.82) is 0 Å². The minimum atomic E-state index is -5.08. The maximum atomic E-state index is 13.7. The molecule has 1 unspecified atom stereocenters. The molecule has 1 fully saturated rings. The van der Waals surface area contributed by atoms with Crippen LogP contribution in [0.3, 0.4) is 0 Å². The Morgan fingerprint density at radius 2 is 1.66 bits per heavy atom. The molecule has 1 aliphatic carbocycles. The first-order chi connectivity index (χ1) is 20.6. The highest BCUT2D eigenvalue weighted by molar-refractivity contribution is 5.95. The SMILES string of the molecule is Cc1nc2c(OCC3CCCCC3)cccn2c1C(=O)NC(CN(C(=O)O)C(C)(C)C)c1ccccc1.O=C(O)C(F)(F)F. The molecule has 4 rings (SSSR count). The van der Waals surface area contributed by atoms with E-state index in [0.29, 0.717) is 35.3 Å². The van der Waals surface area contributed by atoms with Crippen molar-refractivity contribution in [2.24, 2.45) is 5.92 Å². The highest BCUT2D eigenvalue weighted by Gasteiger charge is 2.38. The van der Waals surface area contributed by atoms with Crippen molar-refractivity contribution < 1.29 is 42.5 Å². The molecule has 2 aromatic heterocycles. The lowest BCUT2D eigenvalue weighted by Gasteiger charge is -2.36. The Bertz CT molecular complexity index is 1430. The molecule has 3 N–H and O–H groups in total. The van der Waals surface area contributed by atoms with E-state index < -0.39 is 29.8 Å². The lowest BCUT2D eigenvalue weighted by atomic mass is 9.90. The molecule has 44 heavy (non-hydrogen) atoms. The molecule has 1 aliphatic rings. The van der Waals surface area contributed by atoms with Gasteiger partial charge >= 0.3 is 18.2 Å². The van der Waals surface area contributed by atoms with Gasteiger partial charge in [-0.3, -0.25) is 9.20 Å². The van der Waals surface area contributed by atoms with Crippen LogP contribution in [0.5, 0.6) is 5.75 Å². The summed E-state index contributed by atoms with van der Waals surface area (Å²) in [6, 6.07) is 12.7. The van der Waals surface area contributed by atoms with Gasteiger partial charge < -0.3 is 25.2 Å². The van der Waals surface area contributed by atoms with Gasteiger partial charge in [0.05, 0.1) is 18.3 Å². The van der Waals surface area contributed by atoms with Crippen molar-refractivity contribution >= 4 is 23.6 Å². The number of carboxylic acid groups (broad SMARTS) is 2. The number of rotatable bonds is 8. The number of benzene rings is 1. The predicted octanol–water partition coefficient (Wildman–Crippen LogP) is 6.48. The molecule has 1 aromatic carbocycles. The number of pyridine rings is 1. The van der Waals surface area contributed by atoms with Gasteiger partial charge in [-0.05, 0) is 64.2 Å². The molecule has 3 aromatic rings. The second-order valence-electron chi connectivity index (χ2n) is 11.7. The predicted molar refractivity (Wildman–Crippen MR) is 157 cm³/mol. The van der Waals surface area contributed by atoms with Crippen LogP contribution in [0.4, 0.5) is 18.0 Å². The fourth-order valence-electron chi connectivity index (χ4n) is 5.07. The Hall–Kier alpha value is -4.29. The fraction of sp³-hybridized carbons (Fsp3) is 0.484. The van der Waals surface area contributed by atoms with Crippen LogP contribution >= 0.6 is 0 Å². The molecule has 2 heterocycles. The van der Waals surface area contributed by atoms with Gasteiger partial charge in [0.2, 0.25) is 0 Å². The van der Waals surface area contributed by atoms with Gasteiger partial charge in [-0.15, -0.1) is 0 Å². The number of nitrogens with one attached hydrogen (secondary N) is 1. The van der Waals surface area contributed by atoms with Crippen LogP contribution in [-0.4, -0.2) is 67.3 Å². The molecule has 0 spiro atoms. The first-order valence-corrected chi connectivity index (χ1v) is 14.4. The Morgan fingerprint density at radius 3 is 2.20 bits per heavy atom. The number of amides is 2. The molecule has 2 amide bonds. The molecule has 0 aliphatic heterocycles. The molecule has 10 nitrogen and oxygen atoms in total. The standard InChI is InChI=1S/C29H38N4O4.C2HF3O2/c1-20-25(32-17-11-16-24(26(32)30-20)37-19-21-12-7-5-8-13-21)27(34)31-23(22-14-9-6-10-15-22)18-33(28(35)36)29(2,3)4;3-2(4,5)1(6)7/h6,9-11,14-17,21,23H,5,7-8,12-13,18-19H2,1-4H3,(H,31,34)(H,35,36);(H,6,7). The first-order valence-electron chi connectivity index (χ1n) is 14.4. The van der Waals surface area contributed by atoms with Crippen LogP contribution < -0.4 is 10.1 Å². The van der Waals surface area contributed by atoms with E-state index in [9.17, 15) is 27.9 Å². The molecule has 13 heteroatoms. The first kappa shape index (κ1) is 34.2. The highest BCUT2D eigenvalue weighted by atomic mass is 19.4. The number of fused-ring (bicyclic) bond motifs is 1. The zero-order chi connectivity index (χ0) is 32.7. The third-order valence-corrected chi connectivity index (χ3v) is 7.36. The number of hydrogen-bond donors (Lipinski definition) is 3. The van der Waals surface area contributed by atoms with E-state index >= 15 is 0 Å². The van der Waals surface area contributed by atoms with Crippen LogP contribution in [0.2, 0.25) is 0 Å². The van der Waals surface area contributed by atoms with Gasteiger partial charge in [0.25, 0.3) is 5.91 Å². The average molecular weight is 621 g/mol. The largest absolute Gasteiger partial charge is 0.490 e. The van der Waals surface area contributed by atoms with Gasteiger partial charge in [0.15, 0.2) is 11.4 Å². The number of aromatic nitrogens is 2. The number of imidazole rings is 1. The van der Waals surface area contributed by atoms with E-state index in [2.05, 4.69) is 10.3 Å². The molecule has 0 saturated heterocycles. The third kappa shape index (κ3) is 9.10. The zero-order valence-electron chi connectivity index (χ0n) is 25.2. The van der Waals surface area contributed by atoms with E-state index in [1.165, 1.54) is 37.0 Å². The summed E-state index contributed by atoms with van der Waals surface area (Å²) in [4.78, 5) is 40.6. The van der Waals surface area contributed by atoms with Gasteiger partial charge in [0, 0.05) is 18.3 Å². The molecule has 1 saturated carbocycles. The lowest BCUT2D eigenvalue weighted by molar-refractivity contribution is -0.192. The van der Waals surface area contributed by atoms with E-state index in [-0.39, 0.29) is 12.5 Å². The zero-order valence-corrected chi connectivity index (χ0v) is 25.2. The number of hydrogen-bond acceptors (Lipinski definition) is 5. The van der Waals surface area contributed by atoms with Gasteiger partial charge in [-0.1, -0.05) is 49.6 Å². The van der Waals surface area contributed by atoms with Gasteiger partial charge in [0.1, 0.15) is 5.69 Å². The summed E-state index contributed by atoms with van der Waals surface area (Å²) >= 11 is 0. The number of carbonyl (C=O) groups excluding carboxylic acids is 1. The van der Waals surface area contributed by atoms with Crippen molar-refractivity contribution in [1.82, 2.24) is 19.6 Å². The second kappa shape index (κ2) is 14.5. The average Bonchev–Trinajstić information content (AvgIpc) is 3.30. The van der Waals surface area contributed by atoms with Crippen LogP contribution in [0.1, 0.15) is 80.7 Å².